The van der Waals surface area contributed by atoms with Crippen LogP contribution in [-0.4, -0.2) is 37.5 Å². The van der Waals surface area contributed by atoms with Crippen molar-refractivity contribution in [2.45, 2.75) is 26.8 Å². The van der Waals surface area contributed by atoms with E-state index in [9.17, 15) is 9.59 Å². The fourth-order valence-electron chi connectivity index (χ4n) is 4.33. The molecule has 11 heteroatoms. The van der Waals surface area contributed by atoms with E-state index in [4.69, 9.17) is 18.9 Å². The topological polar surface area (TPSA) is 88.3 Å². The lowest BCUT2D eigenvalue weighted by molar-refractivity contribution is -0.139. The second-order valence-corrected chi connectivity index (χ2v) is 11.3. The van der Waals surface area contributed by atoms with Crippen molar-refractivity contribution in [2.75, 3.05) is 26.9 Å². The van der Waals surface area contributed by atoms with E-state index in [0.29, 0.717) is 56.6 Å². The molecule has 0 saturated carbocycles. The smallest absolute Gasteiger partial charge is 0.338 e. The summed E-state index contributed by atoms with van der Waals surface area (Å²) in [6, 6.07) is 8.34. The van der Waals surface area contributed by atoms with Crippen molar-refractivity contribution in [3.05, 3.63) is 94.0 Å². The lowest BCUT2D eigenvalue weighted by Crippen LogP contribution is -2.40. The first-order chi connectivity index (χ1) is 19.2. The van der Waals surface area contributed by atoms with Crippen LogP contribution in [0.2, 0.25) is 0 Å². The average Bonchev–Trinajstić information content (AvgIpc) is 3.21. The average molecular weight is 692 g/mol. The third-order valence-electron chi connectivity index (χ3n) is 5.98. The number of methoxy groups -OCH3 is 1. The van der Waals surface area contributed by atoms with Crippen molar-refractivity contribution >= 4 is 55.2 Å². The molecule has 2 aromatic carbocycles. The summed E-state index contributed by atoms with van der Waals surface area (Å²) in [6.07, 6.45) is 3.45. The molecule has 0 radical (unpaired) electrons. The van der Waals surface area contributed by atoms with Crippen LogP contribution in [0.15, 0.2) is 73.0 Å². The Morgan fingerprint density at radius 3 is 2.48 bits per heavy atom. The summed E-state index contributed by atoms with van der Waals surface area (Å²) >= 11 is 8.34. The summed E-state index contributed by atoms with van der Waals surface area (Å²) in [4.78, 5) is 32.2. The molecule has 1 atom stereocenters. The highest BCUT2D eigenvalue weighted by Gasteiger charge is 2.34. The first-order valence-electron chi connectivity index (χ1n) is 12.5. The minimum atomic E-state index is -0.768. The van der Waals surface area contributed by atoms with Crippen molar-refractivity contribution in [1.29, 1.82) is 0 Å². The van der Waals surface area contributed by atoms with Gasteiger partial charge in [-0.05, 0) is 94.1 Å². The van der Waals surface area contributed by atoms with Crippen LogP contribution in [0.25, 0.3) is 6.08 Å². The number of carbonyl (C=O) groups excluding carboxylic acids is 1. The Kier molecular flexibility index (Phi) is 9.70. The SMILES string of the molecule is C=CCOc1c(Br)cc(/C=c2\sc3n(c2=O)[C@@H](c2ccc(OC)c(OCC)c2)C(C(=O)OCC)=C(C)N=3)cc1Br. The minimum Gasteiger partial charge on any atom is -0.493 e. The van der Waals surface area contributed by atoms with E-state index in [1.165, 1.54) is 11.3 Å². The summed E-state index contributed by atoms with van der Waals surface area (Å²) in [6.45, 7) is 10.0. The van der Waals surface area contributed by atoms with Gasteiger partial charge in [0.1, 0.15) is 12.4 Å². The Labute approximate surface area is 252 Å². The standard InChI is InChI=1S/C29H28Br2N2O6S/c1-6-11-39-26-19(30)12-17(13-20(26)31)14-23-27(34)33-25(18-9-10-21(36-5)22(15-18)37-7-2)24(28(35)38-8-3)16(4)32-29(33)40-23/h6,9-10,12-15,25H,1,7-8,11H2,2-5H3/b23-14-/t25-/m0/s1. The van der Waals surface area contributed by atoms with E-state index in [1.807, 2.05) is 25.1 Å². The Morgan fingerprint density at radius 2 is 1.85 bits per heavy atom. The summed E-state index contributed by atoms with van der Waals surface area (Å²) in [5, 5.41) is 0. The number of thiazole rings is 1. The first-order valence-corrected chi connectivity index (χ1v) is 14.9. The van der Waals surface area contributed by atoms with Gasteiger partial charge in [0.2, 0.25) is 0 Å². The number of hydrogen-bond donors (Lipinski definition) is 0. The molecular weight excluding hydrogens is 664 g/mol. The van der Waals surface area contributed by atoms with Crippen molar-refractivity contribution in [2.24, 2.45) is 4.99 Å². The second-order valence-electron chi connectivity index (χ2n) is 8.56. The van der Waals surface area contributed by atoms with Gasteiger partial charge < -0.3 is 18.9 Å². The van der Waals surface area contributed by atoms with E-state index in [2.05, 4.69) is 43.4 Å². The zero-order valence-electron chi connectivity index (χ0n) is 22.5. The molecule has 40 heavy (non-hydrogen) atoms. The van der Waals surface area contributed by atoms with Gasteiger partial charge in [0.05, 0.1) is 51.1 Å². The van der Waals surface area contributed by atoms with E-state index >= 15 is 0 Å². The van der Waals surface area contributed by atoms with Gasteiger partial charge in [-0.3, -0.25) is 9.36 Å². The molecule has 0 spiro atoms. The number of allylic oxidation sites excluding steroid dienone is 1. The molecule has 3 aromatic rings. The Bertz CT molecular complexity index is 1650. The molecular formula is C29H28Br2N2O6S. The molecule has 0 saturated heterocycles. The lowest BCUT2D eigenvalue weighted by Gasteiger charge is -2.25. The molecule has 0 aliphatic carbocycles. The van der Waals surface area contributed by atoms with Crippen LogP contribution in [0, 0.1) is 0 Å². The van der Waals surface area contributed by atoms with Gasteiger partial charge in [-0.25, -0.2) is 9.79 Å². The number of carbonyl (C=O) groups is 1. The summed E-state index contributed by atoms with van der Waals surface area (Å²) in [5.74, 6) is 1.17. The van der Waals surface area contributed by atoms with Crippen LogP contribution in [0.3, 0.4) is 0 Å². The van der Waals surface area contributed by atoms with Gasteiger partial charge in [-0.15, -0.1) is 0 Å². The molecule has 210 valence electrons. The van der Waals surface area contributed by atoms with Gasteiger partial charge in [0.25, 0.3) is 5.56 Å². The number of benzene rings is 2. The van der Waals surface area contributed by atoms with E-state index in [-0.39, 0.29) is 12.2 Å². The maximum Gasteiger partial charge on any atom is 0.338 e. The largest absolute Gasteiger partial charge is 0.493 e. The molecule has 1 aliphatic heterocycles. The number of aromatic nitrogens is 1. The van der Waals surface area contributed by atoms with Gasteiger partial charge in [0.15, 0.2) is 16.3 Å². The van der Waals surface area contributed by atoms with Gasteiger partial charge >= 0.3 is 5.97 Å². The van der Waals surface area contributed by atoms with Crippen LogP contribution in [0.4, 0.5) is 0 Å². The summed E-state index contributed by atoms with van der Waals surface area (Å²) in [5.41, 5.74) is 1.94. The highest BCUT2D eigenvalue weighted by atomic mass is 79.9. The van der Waals surface area contributed by atoms with Crippen LogP contribution in [0.5, 0.6) is 17.2 Å². The van der Waals surface area contributed by atoms with Crippen LogP contribution >= 0.6 is 43.2 Å². The minimum absolute atomic E-state index is 0.190. The van der Waals surface area contributed by atoms with Crippen molar-refractivity contribution in [3.63, 3.8) is 0 Å². The van der Waals surface area contributed by atoms with Gasteiger partial charge in [-0.2, -0.15) is 0 Å². The number of fused-ring (bicyclic) bond motifs is 1. The third kappa shape index (κ3) is 5.96. The zero-order valence-corrected chi connectivity index (χ0v) is 26.4. The number of esters is 1. The molecule has 4 rings (SSSR count). The quantitative estimate of drug-likeness (QED) is 0.212. The highest BCUT2D eigenvalue weighted by Crippen LogP contribution is 2.37. The lowest BCUT2D eigenvalue weighted by atomic mass is 9.95. The number of ether oxygens (including phenoxy) is 4. The van der Waals surface area contributed by atoms with Crippen molar-refractivity contribution in [1.82, 2.24) is 4.57 Å². The van der Waals surface area contributed by atoms with Gasteiger partial charge in [0, 0.05) is 0 Å². The molecule has 8 nitrogen and oxygen atoms in total. The normalized spacial score (nSPS) is 14.8. The van der Waals surface area contributed by atoms with Crippen LogP contribution < -0.4 is 29.1 Å². The second kappa shape index (κ2) is 13.0. The summed E-state index contributed by atoms with van der Waals surface area (Å²) in [7, 11) is 1.56. The maximum atomic E-state index is 13.9. The molecule has 1 aromatic heterocycles. The van der Waals surface area contributed by atoms with Gasteiger partial charge in [-0.1, -0.05) is 30.1 Å². The molecule has 0 fully saturated rings. The van der Waals surface area contributed by atoms with E-state index in [0.717, 1.165) is 14.5 Å². The van der Waals surface area contributed by atoms with E-state index < -0.39 is 12.0 Å². The Hall–Kier alpha value is -3.15. The van der Waals surface area contributed by atoms with Crippen LogP contribution in [0.1, 0.15) is 37.9 Å². The monoisotopic (exact) mass is 690 g/mol. The van der Waals surface area contributed by atoms with Crippen molar-refractivity contribution < 1.29 is 23.7 Å². The fourth-order valence-corrected chi connectivity index (χ4v) is 6.83. The first kappa shape index (κ1) is 29.8. The predicted molar refractivity (Wildman–Crippen MR) is 162 cm³/mol. The summed E-state index contributed by atoms with van der Waals surface area (Å²) < 4.78 is 25.8. The highest BCUT2D eigenvalue weighted by molar-refractivity contribution is 9.11. The van der Waals surface area contributed by atoms with Crippen molar-refractivity contribution in [3.8, 4) is 17.2 Å². The number of rotatable bonds is 10. The van der Waals surface area contributed by atoms with Crippen LogP contribution in [-0.2, 0) is 9.53 Å². The molecule has 2 heterocycles. The number of halogens is 2. The Morgan fingerprint density at radius 1 is 1.12 bits per heavy atom. The molecule has 0 bridgehead atoms. The number of hydrogen-bond acceptors (Lipinski definition) is 8. The van der Waals surface area contributed by atoms with E-state index in [1.54, 1.807) is 49.8 Å². The number of nitrogens with zero attached hydrogens (tertiary/aromatic N) is 2. The molecule has 0 N–H and O–H groups in total. The molecule has 1 aliphatic rings. The molecule has 0 unspecified atom stereocenters. The Balaban J connectivity index is 1.92. The third-order valence-corrected chi connectivity index (χ3v) is 8.15. The predicted octanol–water partition coefficient (Wildman–Crippen LogP) is 5.30. The fraction of sp³-hybridized carbons (Fsp3) is 0.276. The molecule has 0 amide bonds. The maximum absolute atomic E-state index is 13.9. The zero-order chi connectivity index (χ0) is 29.0.